The topological polar surface area (TPSA) is 59.1 Å². The number of nitrogens with zero attached hydrogens (tertiary/aromatic N) is 2. The molecule has 0 amide bonds. The molecule has 0 radical (unpaired) electrons. The van der Waals surface area contributed by atoms with Crippen LogP contribution in [0.4, 0.5) is 24.8 Å². The number of halogens is 3. The third-order valence-electron chi connectivity index (χ3n) is 2.16. The highest BCUT2D eigenvalue weighted by Crippen LogP contribution is 2.14. The van der Waals surface area contributed by atoms with Crippen LogP contribution in [0.15, 0.2) is 6.07 Å². The van der Waals surface area contributed by atoms with Crippen LogP contribution in [0, 0.1) is 0 Å². The highest BCUT2D eigenvalue weighted by molar-refractivity contribution is 5.47. The van der Waals surface area contributed by atoms with Crippen LogP contribution in [0.2, 0.25) is 0 Å². The fourth-order valence-corrected chi connectivity index (χ4v) is 1.31. The Morgan fingerprint density at radius 2 is 1.95 bits per heavy atom. The van der Waals surface area contributed by atoms with E-state index in [1.807, 2.05) is 6.92 Å². The quantitative estimate of drug-likeness (QED) is 0.748. The molecule has 19 heavy (non-hydrogen) atoms. The third kappa shape index (κ3) is 6.23. The Morgan fingerprint density at radius 1 is 1.26 bits per heavy atom. The van der Waals surface area contributed by atoms with Gasteiger partial charge in [-0.05, 0) is 0 Å². The van der Waals surface area contributed by atoms with Crippen molar-refractivity contribution in [1.82, 2.24) is 9.97 Å². The summed E-state index contributed by atoms with van der Waals surface area (Å²) in [5.74, 6) is 1.88. The van der Waals surface area contributed by atoms with Crippen molar-refractivity contribution in [2.75, 3.05) is 37.4 Å². The lowest BCUT2D eigenvalue weighted by atomic mass is 10.4. The fraction of sp³-hybridized carbons (Fsp3) is 0.636. The fourth-order valence-electron chi connectivity index (χ4n) is 1.31. The maximum atomic E-state index is 11.8. The Morgan fingerprint density at radius 3 is 2.53 bits per heavy atom. The van der Waals surface area contributed by atoms with Gasteiger partial charge in [-0.2, -0.15) is 13.2 Å². The molecular weight excluding hydrogens is 261 g/mol. The van der Waals surface area contributed by atoms with Crippen molar-refractivity contribution in [1.29, 1.82) is 0 Å². The first kappa shape index (κ1) is 15.5. The van der Waals surface area contributed by atoms with Crippen molar-refractivity contribution in [2.45, 2.75) is 19.5 Å². The van der Waals surface area contributed by atoms with E-state index in [9.17, 15) is 13.2 Å². The van der Waals surface area contributed by atoms with Crippen LogP contribution in [0.25, 0.3) is 0 Å². The highest BCUT2D eigenvalue weighted by atomic mass is 19.4. The normalized spacial score (nSPS) is 11.4. The van der Waals surface area contributed by atoms with E-state index in [-0.39, 0.29) is 13.2 Å². The number of aromatic nitrogens is 2. The molecule has 1 heterocycles. The van der Waals surface area contributed by atoms with Crippen LogP contribution < -0.4 is 10.6 Å². The molecule has 108 valence electrons. The summed E-state index contributed by atoms with van der Waals surface area (Å²) in [4.78, 5) is 8.41. The largest absolute Gasteiger partial charge is 0.411 e. The van der Waals surface area contributed by atoms with E-state index in [4.69, 9.17) is 0 Å². The number of rotatable bonds is 7. The Labute approximate surface area is 109 Å². The third-order valence-corrected chi connectivity index (χ3v) is 2.16. The number of hydrogen-bond donors (Lipinski definition) is 2. The Balaban J connectivity index is 2.40. The molecule has 0 saturated heterocycles. The summed E-state index contributed by atoms with van der Waals surface area (Å²) in [5.41, 5.74) is 0. The van der Waals surface area contributed by atoms with Gasteiger partial charge in [0.25, 0.3) is 0 Å². The molecule has 0 unspecified atom stereocenters. The highest BCUT2D eigenvalue weighted by Gasteiger charge is 2.27. The summed E-state index contributed by atoms with van der Waals surface area (Å²) in [7, 11) is 1.73. The number of ether oxygens (including phenoxy) is 1. The first-order chi connectivity index (χ1) is 8.94. The molecule has 1 rings (SSSR count). The smallest absolute Gasteiger partial charge is 0.373 e. The van der Waals surface area contributed by atoms with E-state index in [0.29, 0.717) is 23.9 Å². The van der Waals surface area contributed by atoms with Crippen molar-refractivity contribution in [2.24, 2.45) is 0 Å². The maximum Gasteiger partial charge on any atom is 0.411 e. The van der Waals surface area contributed by atoms with E-state index >= 15 is 0 Å². The van der Waals surface area contributed by atoms with Crippen molar-refractivity contribution in [3.8, 4) is 0 Å². The molecule has 0 fully saturated rings. The van der Waals surface area contributed by atoms with Gasteiger partial charge in [0.1, 0.15) is 24.1 Å². The van der Waals surface area contributed by atoms with Gasteiger partial charge in [0.2, 0.25) is 0 Å². The monoisotopic (exact) mass is 278 g/mol. The second kappa shape index (κ2) is 7.13. The molecule has 0 aromatic carbocycles. The lowest BCUT2D eigenvalue weighted by molar-refractivity contribution is -0.172. The second-order valence-electron chi connectivity index (χ2n) is 3.75. The molecule has 0 atom stereocenters. The van der Waals surface area contributed by atoms with Crippen LogP contribution in [-0.4, -0.2) is 43.0 Å². The van der Waals surface area contributed by atoms with Gasteiger partial charge >= 0.3 is 6.18 Å². The van der Waals surface area contributed by atoms with Crippen molar-refractivity contribution < 1.29 is 17.9 Å². The number of aryl methyl sites for hydroxylation is 1. The SMILES string of the molecule is CCc1nc(NC)cc(NCCOCC(F)(F)F)n1. The number of nitrogens with one attached hydrogen (secondary N) is 2. The van der Waals surface area contributed by atoms with Crippen molar-refractivity contribution >= 4 is 11.6 Å². The summed E-state index contributed by atoms with van der Waals surface area (Å²) in [5, 5.41) is 5.79. The molecule has 0 bridgehead atoms. The zero-order valence-electron chi connectivity index (χ0n) is 10.8. The summed E-state index contributed by atoms with van der Waals surface area (Å²) >= 11 is 0. The molecule has 0 spiro atoms. The minimum atomic E-state index is -4.29. The molecule has 5 nitrogen and oxygen atoms in total. The van der Waals surface area contributed by atoms with Gasteiger partial charge in [0.05, 0.1) is 6.61 Å². The van der Waals surface area contributed by atoms with E-state index < -0.39 is 12.8 Å². The van der Waals surface area contributed by atoms with Gasteiger partial charge in [-0.3, -0.25) is 0 Å². The summed E-state index contributed by atoms with van der Waals surface area (Å²) in [6.07, 6.45) is -3.61. The maximum absolute atomic E-state index is 11.8. The number of anilines is 2. The molecular formula is C11H17F3N4O. The molecule has 2 N–H and O–H groups in total. The van der Waals surface area contributed by atoms with Gasteiger partial charge in [0.15, 0.2) is 0 Å². The molecule has 8 heteroatoms. The minimum absolute atomic E-state index is 0.0418. The molecule has 0 aliphatic heterocycles. The first-order valence-corrected chi connectivity index (χ1v) is 5.88. The molecule has 0 saturated carbocycles. The molecule has 1 aromatic heterocycles. The molecule has 1 aromatic rings. The van der Waals surface area contributed by atoms with Crippen LogP contribution in [0.3, 0.4) is 0 Å². The van der Waals surface area contributed by atoms with Gasteiger partial charge < -0.3 is 15.4 Å². The zero-order chi connectivity index (χ0) is 14.3. The standard InChI is InChI=1S/C11H17F3N4O/c1-3-8-17-9(15-2)6-10(18-8)16-4-5-19-7-11(12,13)14/h6H,3-5,7H2,1-2H3,(H2,15,16,17,18). The lowest BCUT2D eigenvalue weighted by Crippen LogP contribution is -2.20. The van der Waals surface area contributed by atoms with Crippen LogP contribution >= 0.6 is 0 Å². The van der Waals surface area contributed by atoms with E-state index in [0.717, 1.165) is 0 Å². The Hall–Kier alpha value is -1.57. The summed E-state index contributed by atoms with van der Waals surface area (Å²) in [6.45, 7) is 0.894. The average Bonchev–Trinajstić information content (AvgIpc) is 2.36. The van der Waals surface area contributed by atoms with Crippen LogP contribution in [-0.2, 0) is 11.2 Å². The summed E-state index contributed by atoms with van der Waals surface area (Å²) in [6, 6.07) is 1.68. The second-order valence-corrected chi connectivity index (χ2v) is 3.75. The lowest BCUT2D eigenvalue weighted by Gasteiger charge is -2.10. The number of hydrogen-bond acceptors (Lipinski definition) is 5. The van der Waals surface area contributed by atoms with E-state index in [2.05, 4.69) is 25.3 Å². The van der Waals surface area contributed by atoms with E-state index in [1.165, 1.54) is 0 Å². The van der Waals surface area contributed by atoms with Gasteiger partial charge in [-0.15, -0.1) is 0 Å². The number of alkyl halides is 3. The van der Waals surface area contributed by atoms with Gasteiger partial charge in [0, 0.05) is 26.1 Å². The van der Waals surface area contributed by atoms with Gasteiger partial charge in [-0.25, -0.2) is 9.97 Å². The Kier molecular flexibility index (Phi) is 5.81. The summed E-state index contributed by atoms with van der Waals surface area (Å²) < 4.78 is 40.0. The first-order valence-electron chi connectivity index (χ1n) is 5.88. The van der Waals surface area contributed by atoms with Gasteiger partial charge in [-0.1, -0.05) is 6.92 Å². The van der Waals surface area contributed by atoms with Crippen LogP contribution in [0.5, 0.6) is 0 Å². The van der Waals surface area contributed by atoms with Crippen molar-refractivity contribution in [3.05, 3.63) is 11.9 Å². The average molecular weight is 278 g/mol. The predicted molar refractivity (Wildman–Crippen MR) is 66.3 cm³/mol. The van der Waals surface area contributed by atoms with Crippen LogP contribution in [0.1, 0.15) is 12.7 Å². The molecule has 0 aliphatic rings. The molecule has 0 aliphatic carbocycles. The predicted octanol–water partition coefficient (Wildman–Crippen LogP) is 2.07. The Bertz CT molecular complexity index is 376. The minimum Gasteiger partial charge on any atom is -0.373 e. The zero-order valence-corrected chi connectivity index (χ0v) is 10.8. The van der Waals surface area contributed by atoms with E-state index in [1.54, 1.807) is 13.1 Å². The van der Waals surface area contributed by atoms with Crippen molar-refractivity contribution in [3.63, 3.8) is 0 Å².